The Morgan fingerprint density at radius 2 is 2.15 bits per heavy atom. The van der Waals surface area contributed by atoms with Crippen molar-refractivity contribution in [2.75, 3.05) is 24.3 Å². The smallest absolute Gasteiger partial charge is 0.149 e. The SMILES string of the molecule is CNc1nc(N(C)C(C)Cc2cccs2)c(Cl)cc1Cl. The minimum Gasteiger partial charge on any atom is -0.372 e. The Morgan fingerprint density at radius 1 is 1.40 bits per heavy atom. The summed E-state index contributed by atoms with van der Waals surface area (Å²) in [6, 6.07) is 6.24. The molecule has 0 saturated heterocycles. The molecule has 0 amide bonds. The summed E-state index contributed by atoms with van der Waals surface area (Å²) in [6.07, 6.45) is 0.962. The van der Waals surface area contributed by atoms with E-state index < -0.39 is 0 Å². The monoisotopic (exact) mass is 329 g/mol. The highest BCUT2D eigenvalue weighted by atomic mass is 35.5. The molecule has 1 unspecified atom stereocenters. The van der Waals surface area contributed by atoms with Gasteiger partial charge >= 0.3 is 0 Å². The lowest BCUT2D eigenvalue weighted by Crippen LogP contribution is -2.31. The largest absolute Gasteiger partial charge is 0.372 e. The molecule has 0 aliphatic heterocycles. The van der Waals surface area contributed by atoms with Crippen LogP contribution >= 0.6 is 34.5 Å². The van der Waals surface area contributed by atoms with Crippen molar-refractivity contribution in [2.45, 2.75) is 19.4 Å². The Bertz CT molecular complexity index is 572. The first kappa shape index (κ1) is 15.4. The van der Waals surface area contributed by atoms with Gasteiger partial charge in [0.2, 0.25) is 0 Å². The third-order valence-corrected chi connectivity index (χ3v) is 4.68. The van der Waals surface area contributed by atoms with Gasteiger partial charge in [-0.3, -0.25) is 0 Å². The molecule has 20 heavy (non-hydrogen) atoms. The zero-order chi connectivity index (χ0) is 14.7. The van der Waals surface area contributed by atoms with Crippen molar-refractivity contribution in [3.63, 3.8) is 0 Å². The van der Waals surface area contributed by atoms with E-state index in [2.05, 4.69) is 39.6 Å². The zero-order valence-corrected chi connectivity index (χ0v) is 14.0. The van der Waals surface area contributed by atoms with Gasteiger partial charge in [0.15, 0.2) is 0 Å². The summed E-state index contributed by atoms with van der Waals surface area (Å²) < 4.78 is 0. The third-order valence-electron chi connectivity index (χ3n) is 3.22. The van der Waals surface area contributed by atoms with Crippen LogP contribution in [-0.2, 0) is 6.42 Å². The fourth-order valence-corrected chi connectivity index (χ4v) is 3.36. The van der Waals surface area contributed by atoms with E-state index in [0.717, 1.165) is 12.2 Å². The number of nitrogens with one attached hydrogen (secondary N) is 1. The van der Waals surface area contributed by atoms with E-state index >= 15 is 0 Å². The topological polar surface area (TPSA) is 28.2 Å². The van der Waals surface area contributed by atoms with Crippen molar-refractivity contribution in [2.24, 2.45) is 0 Å². The van der Waals surface area contributed by atoms with E-state index in [0.29, 0.717) is 21.9 Å². The molecule has 2 rings (SSSR count). The molecule has 0 radical (unpaired) electrons. The Hall–Kier alpha value is -0.970. The van der Waals surface area contributed by atoms with Gasteiger partial charge < -0.3 is 10.2 Å². The van der Waals surface area contributed by atoms with Gasteiger partial charge in [-0.25, -0.2) is 4.98 Å². The summed E-state index contributed by atoms with van der Waals surface area (Å²) in [4.78, 5) is 7.93. The third kappa shape index (κ3) is 3.37. The molecular weight excluding hydrogens is 313 g/mol. The number of halogens is 2. The maximum atomic E-state index is 6.27. The number of nitrogens with zero attached hydrogens (tertiary/aromatic N) is 2. The molecular formula is C14H17Cl2N3S. The van der Waals surface area contributed by atoms with Crippen LogP contribution in [0.5, 0.6) is 0 Å². The van der Waals surface area contributed by atoms with E-state index in [4.69, 9.17) is 23.2 Å². The lowest BCUT2D eigenvalue weighted by atomic mass is 10.2. The number of pyridine rings is 1. The van der Waals surface area contributed by atoms with Gasteiger partial charge in [-0.15, -0.1) is 11.3 Å². The van der Waals surface area contributed by atoms with Gasteiger partial charge in [0.05, 0.1) is 10.0 Å². The van der Waals surface area contributed by atoms with E-state index in [-0.39, 0.29) is 0 Å². The average Bonchev–Trinajstić information content (AvgIpc) is 2.91. The summed E-state index contributed by atoms with van der Waals surface area (Å²) >= 11 is 14.1. The summed E-state index contributed by atoms with van der Waals surface area (Å²) in [7, 11) is 3.79. The average molecular weight is 330 g/mol. The van der Waals surface area contributed by atoms with E-state index in [1.807, 2.05) is 7.05 Å². The van der Waals surface area contributed by atoms with Gasteiger partial charge in [0.25, 0.3) is 0 Å². The van der Waals surface area contributed by atoms with Crippen LogP contribution in [0.1, 0.15) is 11.8 Å². The number of likely N-dealkylation sites (N-methyl/N-ethyl adjacent to an activating group) is 1. The molecule has 6 heteroatoms. The van der Waals surface area contributed by atoms with E-state index in [9.17, 15) is 0 Å². The zero-order valence-electron chi connectivity index (χ0n) is 11.7. The Balaban J connectivity index is 2.21. The van der Waals surface area contributed by atoms with Crippen molar-refractivity contribution in [3.05, 3.63) is 38.5 Å². The number of aromatic nitrogens is 1. The Morgan fingerprint density at radius 3 is 2.75 bits per heavy atom. The number of thiophene rings is 1. The van der Waals surface area contributed by atoms with E-state index in [1.165, 1.54) is 4.88 Å². The van der Waals surface area contributed by atoms with Crippen molar-refractivity contribution in [1.29, 1.82) is 0 Å². The molecule has 108 valence electrons. The second-order valence-electron chi connectivity index (χ2n) is 4.62. The minimum absolute atomic E-state index is 0.296. The van der Waals surface area contributed by atoms with Crippen LogP contribution in [0, 0.1) is 0 Å². The summed E-state index contributed by atoms with van der Waals surface area (Å²) in [5, 5.41) is 6.16. The second kappa shape index (κ2) is 6.66. The molecule has 2 heterocycles. The maximum absolute atomic E-state index is 6.27. The first-order valence-corrected chi connectivity index (χ1v) is 7.95. The van der Waals surface area contributed by atoms with Crippen molar-refractivity contribution >= 4 is 46.2 Å². The Kier molecular flexibility index (Phi) is 5.13. The molecule has 0 spiro atoms. The predicted molar refractivity (Wildman–Crippen MR) is 89.7 cm³/mol. The predicted octanol–water partition coefficient (Wildman–Crippen LogP) is 4.56. The molecule has 0 saturated carbocycles. The fourth-order valence-electron chi connectivity index (χ4n) is 1.95. The molecule has 0 aromatic carbocycles. The maximum Gasteiger partial charge on any atom is 0.149 e. The van der Waals surface area contributed by atoms with Gasteiger partial charge in [-0.05, 0) is 24.4 Å². The lowest BCUT2D eigenvalue weighted by Gasteiger charge is -2.27. The minimum atomic E-state index is 0.296. The highest BCUT2D eigenvalue weighted by Gasteiger charge is 2.17. The van der Waals surface area contributed by atoms with Gasteiger partial charge in [0.1, 0.15) is 11.6 Å². The molecule has 0 fully saturated rings. The van der Waals surface area contributed by atoms with Gasteiger partial charge in [0, 0.05) is 31.4 Å². The molecule has 0 bridgehead atoms. The van der Waals surface area contributed by atoms with Crippen LogP contribution in [0.2, 0.25) is 10.0 Å². The van der Waals surface area contributed by atoms with Gasteiger partial charge in [-0.2, -0.15) is 0 Å². The van der Waals surface area contributed by atoms with Crippen LogP contribution in [0.25, 0.3) is 0 Å². The molecule has 1 atom stereocenters. The standard InChI is InChI=1S/C14H17Cl2N3S/c1-9(7-10-5-4-6-20-10)19(3)14-12(16)8-11(15)13(17-2)18-14/h4-6,8-9H,7H2,1-3H3,(H,17,18). The van der Waals surface area contributed by atoms with Crippen molar-refractivity contribution in [1.82, 2.24) is 4.98 Å². The fraction of sp³-hybridized carbons (Fsp3) is 0.357. The summed E-state index contributed by atoms with van der Waals surface area (Å²) in [5.41, 5.74) is 0. The number of rotatable bonds is 5. The van der Waals surface area contributed by atoms with Crippen LogP contribution in [-0.4, -0.2) is 25.1 Å². The molecule has 0 aliphatic rings. The summed E-state index contributed by atoms with van der Waals surface area (Å²) in [5.74, 6) is 1.38. The first-order chi connectivity index (χ1) is 9.52. The highest BCUT2D eigenvalue weighted by Crippen LogP contribution is 2.32. The number of hydrogen-bond donors (Lipinski definition) is 1. The van der Waals surface area contributed by atoms with Crippen molar-refractivity contribution in [3.8, 4) is 0 Å². The first-order valence-electron chi connectivity index (χ1n) is 6.32. The number of hydrogen-bond acceptors (Lipinski definition) is 4. The van der Waals surface area contributed by atoms with E-state index in [1.54, 1.807) is 24.5 Å². The van der Waals surface area contributed by atoms with Crippen LogP contribution in [0.15, 0.2) is 23.6 Å². The van der Waals surface area contributed by atoms with Crippen LogP contribution in [0.3, 0.4) is 0 Å². The summed E-state index contributed by atoms with van der Waals surface area (Å²) in [6.45, 7) is 2.16. The molecule has 1 N–H and O–H groups in total. The van der Waals surface area contributed by atoms with Gasteiger partial charge in [-0.1, -0.05) is 29.3 Å². The molecule has 2 aromatic heterocycles. The highest BCUT2D eigenvalue weighted by molar-refractivity contribution is 7.09. The van der Waals surface area contributed by atoms with Crippen LogP contribution in [0.4, 0.5) is 11.6 Å². The second-order valence-corrected chi connectivity index (χ2v) is 6.46. The molecule has 0 aliphatic carbocycles. The quantitative estimate of drug-likeness (QED) is 0.871. The normalized spacial score (nSPS) is 12.2. The Labute approximate surface area is 133 Å². The molecule has 3 nitrogen and oxygen atoms in total. The molecule has 2 aromatic rings. The van der Waals surface area contributed by atoms with Crippen LogP contribution < -0.4 is 10.2 Å². The number of anilines is 2. The van der Waals surface area contributed by atoms with Crippen molar-refractivity contribution < 1.29 is 0 Å². The lowest BCUT2D eigenvalue weighted by molar-refractivity contribution is 0.681.